The quantitative estimate of drug-likeness (QED) is 0.375. The minimum Gasteiger partial charge on any atom is -0.475 e. The number of esters is 3. The summed E-state index contributed by atoms with van der Waals surface area (Å²) in [5, 5.41) is 8.97. The van der Waals surface area contributed by atoms with Crippen LogP contribution in [0.2, 0.25) is 0 Å². The molecule has 0 aromatic heterocycles. The van der Waals surface area contributed by atoms with Gasteiger partial charge in [-0.3, -0.25) is 14.4 Å². The smallest absolute Gasteiger partial charge is 0.371 e. The second-order valence-electron chi connectivity index (χ2n) is 4.30. The van der Waals surface area contributed by atoms with Gasteiger partial charge in [-0.05, 0) is 23.8 Å². The molecule has 0 radical (unpaired) electrons. The number of carbonyl (C=O) groups is 4. The van der Waals surface area contributed by atoms with Crippen LogP contribution in [0.15, 0.2) is 24.0 Å². The molecule has 122 valence electrons. The summed E-state index contributed by atoms with van der Waals surface area (Å²) in [7, 11) is 0. The Bertz CT molecular complexity index is 687. The van der Waals surface area contributed by atoms with E-state index in [9.17, 15) is 19.2 Å². The van der Waals surface area contributed by atoms with E-state index in [1.165, 1.54) is 25.1 Å². The molecule has 23 heavy (non-hydrogen) atoms. The van der Waals surface area contributed by atoms with Gasteiger partial charge in [0, 0.05) is 20.8 Å². The van der Waals surface area contributed by atoms with Crippen molar-refractivity contribution in [3.8, 4) is 11.5 Å². The molecule has 0 spiro atoms. The van der Waals surface area contributed by atoms with Gasteiger partial charge in [0.15, 0.2) is 11.5 Å². The molecule has 1 aromatic rings. The second kappa shape index (κ2) is 7.74. The minimum absolute atomic E-state index is 0.00536. The van der Waals surface area contributed by atoms with Crippen LogP contribution in [0.3, 0.4) is 0 Å². The Balaban J connectivity index is 3.26. The highest BCUT2D eigenvalue weighted by Gasteiger charge is 2.14. The van der Waals surface area contributed by atoms with E-state index in [1.54, 1.807) is 0 Å². The van der Waals surface area contributed by atoms with Crippen molar-refractivity contribution in [1.29, 1.82) is 0 Å². The van der Waals surface area contributed by atoms with Crippen molar-refractivity contribution < 1.29 is 38.5 Å². The summed E-state index contributed by atoms with van der Waals surface area (Å²) < 4.78 is 14.4. The standard InChI is InChI=1S/C15H14O8/c1-8(16)21-12-5-4-11(6-13(12)22-9(2)17)7-14(15(19)20)23-10(3)18/h4-7H,1-3H3,(H,19,20)/b14-7-. The molecule has 0 aliphatic carbocycles. The number of rotatable bonds is 5. The molecule has 0 atom stereocenters. The van der Waals surface area contributed by atoms with Crippen molar-refractivity contribution in [2.75, 3.05) is 0 Å². The van der Waals surface area contributed by atoms with E-state index in [0.717, 1.165) is 19.9 Å². The summed E-state index contributed by atoms with van der Waals surface area (Å²) in [5.74, 6) is -4.20. The number of benzene rings is 1. The molecule has 0 fully saturated rings. The third-order valence-electron chi connectivity index (χ3n) is 2.24. The van der Waals surface area contributed by atoms with E-state index in [0.29, 0.717) is 0 Å². The first-order valence-corrected chi connectivity index (χ1v) is 6.33. The van der Waals surface area contributed by atoms with Crippen molar-refractivity contribution in [3.05, 3.63) is 29.5 Å². The van der Waals surface area contributed by atoms with E-state index >= 15 is 0 Å². The number of carboxylic acid groups (broad SMARTS) is 1. The fourth-order valence-corrected chi connectivity index (χ4v) is 1.53. The van der Waals surface area contributed by atoms with Gasteiger partial charge in [0.2, 0.25) is 5.76 Å². The Morgan fingerprint density at radius 3 is 1.96 bits per heavy atom. The average Bonchev–Trinajstić information content (AvgIpc) is 2.39. The molecule has 0 aliphatic heterocycles. The van der Waals surface area contributed by atoms with E-state index in [-0.39, 0.29) is 17.1 Å². The van der Waals surface area contributed by atoms with Crippen molar-refractivity contribution in [3.63, 3.8) is 0 Å². The largest absolute Gasteiger partial charge is 0.475 e. The predicted molar refractivity (Wildman–Crippen MR) is 76.4 cm³/mol. The third-order valence-corrected chi connectivity index (χ3v) is 2.24. The topological polar surface area (TPSA) is 116 Å². The van der Waals surface area contributed by atoms with E-state index in [4.69, 9.17) is 14.6 Å². The molecule has 8 nitrogen and oxygen atoms in total. The molecule has 0 bridgehead atoms. The lowest BCUT2D eigenvalue weighted by Crippen LogP contribution is -2.09. The zero-order valence-electron chi connectivity index (χ0n) is 12.6. The van der Waals surface area contributed by atoms with Crippen LogP contribution in [0, 0.1) is 0 Å². The summed E-state index contributed by atoms with van der Waals surface area (Å²) >= 11 is 0. The van der Waals surface area contributed by atoms with Gasteiger partial charge in [0.25, 0.3) is 0 Å². The van der Waals surface area contributed by atoms with E-state index in [2.05, 4.69) is 4.74 Å². The second-order valence-corrected chi connectivity index (χ2v) is 4.30. The van der Waals surface area contributed by atoms with Gasteiger partial charge in [-0.15, -0.1) is 0 Å². The maximum absolute atomic E-state index is 11.1. The van der Waals surface area contributed by atoms with E-state index < -0.39 is 29.6 Å². The highest BCUT2D eigenvalue weighted by Crippen LogP contribution is 2.29. The Morgan fingerprint density at radius 1 is 0.913 bits per heavy atom. The van der Waals surface area contributed by atoms with Crippen molar-refractivity contribution in [2.24, 2.45) is 0 Å². The molecule has 0 heterocycles. The van der Waals surface area contributed by atoms with Crippen LogP contribution < -0.4 is 9.47 Å². The summed E-state index contributed by atoms with van der Waals surface area (Å²) in [6.07, 6.45) is 1.06. The summed E-state index contributed by atoms with van der Waals surface area (Å²) in [6, 6.07) is 3.99. The van der Waals surface area contributed by atoms with Gasteiger partial charge >= 0.3 is 23.9 Å². The van der Waals surface area contributed by atoms with Gasteiger partial charge in [-0.2, -0.15) is 0 Å². The lowest BCUT2D eigenvalue weighted by molar-refractivity contribution is -0.146. The van der Waals surface area contributed by atoms with Crippen LogP contribution >= 0.6 is 0 Å². The Kier molecular flexibility index (Phi) is 6.02. The lowest BCUT2D eigenvalue weighted by atomic mass is 10.1. The number of hydrogen-bond donors (Lipinski definition) is 1. The number of carboxylic acids is 1. The number of aliphatic carboxylic acids is 1. The first kappa shape index (κ1) is 17.9. The predicted octanol–water partition coefficient (Wildman–Crippen LogP) is 1.53. The van der Waals surface area contributed by atoms with Gasteiger partial charge in [0.1, 0.15) is 0 Å². The molecule has 0 amide bonds. The van der Waals surface area contributed by atoms with Gasteiger partial charge < -0.3 is 19.3 Å². The van der Waals surface area contributed by atoms with Crippen LogP contribution in [-0.4, -0.2) is 29.0 Å². The van der Waals surface area contributed by atoms with Crippen LogP contribution in [0.5, 0.6) is 11.5 Å². The fourth-order valence-electron chi connectivity index (χ4n) is 1.53. The fraction of sp³-hybridized carbons (Fsp3) is 0.200. The van der Waals surface area contributed by atoms with E-state index in [1.807, 2.05) is 0 Å². The van der Waals surface area contributed by atoms with Crippen molar-refractivity contribution in [2.45, 2.75) is 20.8 Å². The van der Waals surface area contributed by atoms with Crippen molar-refractivity contribution in [1.82, 2.24) is 0 Å². The number of ether oxygens (including phenoxy) is 3. The third kappa shape index (κ3) is 6.00. The normalized spacial score (nSPS) is 10.7. The zero-order valence-corrected chi connectivity index (χ0v) is 12.6. The molecule has 1 N–H and O–H groups in total. The van der Waals surface area contributed by atoms with Gasteiger partial charge in [0.05, 0.1) is 0 Å². The maximum Gasteiger partial charge on any atom is 0.371 e. The summed E-state index contributed by atoms with van der Waals surface area (Å²) in [6.45, 7) is 3.39. The molecule has 0 saturated carbocycles. The van der Waals surface area contributed by atoms with Crippen LogP contribution in [0.4, 0.5) is 0 Å². The monoisotopic (exact) mass is 322 g/mol. The summed E-state index contributed by atoms with van der Waals surface area (Å²) in [5.41, 5.74) is 0.260. The first-order chi connectivity index (χ1) is 10.7. The van der Waals surface area contributed by atoms with Crippen molar-refractivity contribution >= 4 is 30.0 Å². The first-order valence-electron chi connectivity index (χ1n) is 6.33. The molecule has 1 aromatic carbocycles. The number of hydrogen-bond acceptors (Lipinski definition) is 7. The molecular formula is C15H14O8. The highest BCUT2D eigenvalue weighted by molar-refractivity contribution is 5.92. The maximum atomic E-state index is 11.1. The zero-order chi connectivity index (χ0) is 17.6. The summed E-state index contributed by atoms with van der Waals surface area (Å²) in [4.78, 5) is 44.0. The Morgan fingerprint density at radius 2 is 1.48 bits per heavy atom. The molecule has 0 aliphatic rings. The molecule has 0 unspecified atom stereocenters. The average molecular weight is 322 g/mol. The number of carbonyl (C=O) groups excluding carboxylic acids is 3. The minimum atomic E-state index is -1.45. The van der Waals surface area contributed by atoms with Crippen LogP contribution in [-0.2, 0) is 23.9 Å². The van der Waals surface area contributed by atoms with Crippen LogP contribution in [0.1, 0.15) is 26.3 Å². The molecule has 8 heteroatoms. The van der Waals surface area contributed by atoms with Gasteiger partial charge in [-0.25, -0.2) is 4.79 Å². The SMILES string of the molecule is CC(=O)O/C(=C\c1ccc(OC(C)=O)c(OC(C)=O)c1)C(=O)O. The Hall–Kier alpha value is -3.16. The Labute approximate surface area is 131 Å². The lowest BCUT2D eigenvalue weighted by Gasteiger charge is -2.09. The highest BCUT2D eigenvalue weighted by atomic mass is 16.6. The molecular weight excluding hydrogens is 308 g/mol. The van der Waals surface area contributed by atoms with Crippen LogP contribution in [0.25, 0.3) is 6.08 Å². The van der Waals surface area contributed by atoms with Gasteiger partial charge in [-0.1, -0.05) is 6.07 Å². The molecule has 0 saturated heterocycles. The molecule has 1 rings (SSSR count).